The Hall–Kier alpha value is -0.120. The SMILES string of the molecule is CC(OCN(C)C)OC(C)(C)CC(C)(C)C. The van der Waals surface area contributed by atoms with Crippen molar-refractivity contribution in [3.8, 4) is 0 Å². The van der Waals surface area contributed by atoms with Crippen LogP contribution in [-0.2, 0) is 9.47 Å². The van der Waals surface area contributed by atoms with Crippen LogP contribution in [0.4, 0.5) is 0 Å². The van der Waals surface area contributed by atoms with Crippen LogP contribution in [0, 0.1) is 5.41 Å². The number of hydrogen-bond donors (Lipinski definition) is 0. The first-order valence-electron chi connectivity index (χ1n) is 5.96. The van der Waals surface area contributed by atoms with Crippen molar-refractivity contribution in [2.24, 2.45) is 5.41 Å². The third kappa shape index (κ3) is 9.13. The predicted octanol–water partition coefficient (Wildman–Crippen LogP) is 3.10. The van der Waals surface area contributed by atoms with Crippen LogP contribution in [0.3, 0.4) is 0 Å². The zero-order chi connectivity index (χ0) is 13.0. The Balaban J connectivity index is 4.05. The molecule has 98 valence electrons. The molecule has 0 saturated heterocycles. The summed E-state index contributed by atoms with van der Waals surface area (Å²) >= 11 is 0. The summed E-state index contributed by atoms with van der Waals surface area (Å²) in [6.07, 6.45) is 0.843. The highest BCUT2D eigenvalue weighted by Gasteiger charge is 2.28. The van der Waals surface area contributed by atoms with E-state index in [9.17, 15) is 0 Å². The van der Waals surface area contributed by atoms with Crippen molar-refractivity contribution in [1.82, 2.24) is 4.90 Å². The lowest BCUT2D eigenvalue weighted by Gasteiger charge is -2.34. The molecule has 16 heavy (non-hydrogen) atoms. The lowest BCUT2D eigenvalue weighted by atomic mass is 9.84. The van der Waals surface area contributed by atoms with Gasteiger partial charge in [0.1, 0.15) is 6.73 Å². The molecule has 0 aromatic heterocycles. The van der Waals surface area contributed by atoms with E-state index in [-0.39, 0.29) is 17.3 Å². The molecule has 0 bridgehead atoms. The maximum absolute atomic E-state index is 5.92. The number of rotatable bonds is 6. The molecule has 0 N–H and O–H groups in total. The Bertz CT molecular complexity index is 195. The van der Waals surface area contributed by atoms with Crippen LogP contribution in [0.15, 0.2) is 0 Å². The van der Waals surface area contributed by atoms with Crippen LogP contribution in [0.5, 0.6) is 0 Å². The van der Waals surface area contributed by atoms with Crippen LogP contribution < -0.4 is 0 Å². The van der Waals surface area contributed by atoms with Crippen molar-refractivity contribution in [2.45, 2.75) is 59.9 Å². The quantitative estimate of drug-likeness (QED) is 0.656. The monoisotopic (exact) mass is 231 g/mol. The molecule has 1 unspecified atom stereocenters. The Morgan fingerprint density at radius 2 is 1.56 bits per heavy atom. The lowest BCUT2D eigenvalue weighted by Crippen LogP contribution is -2.35. The minimum atomic E-state index is -0.167. The molecular formula is C13H29NO2. The highest BCUT2D eigenvalue weighted by Crippen LogP contribution is 2.30. The van der Waals surface area contributed by atoms with Gasteiger partial charge in [0.2, 0.25) is 0 Å². The van der Waals surface area contributed by atoms with Crippen molar-refractivity contribution >= 4 is 0 Å². The molecule has 3 nitrogen and oxygen atoms in total. The summed E-state index contributed by atoms with van der Waals surface area (Å²) in [7, 11) is 3.96. The Morgan fingerprint density at radius 1 is 1.06 bits per heavy atom. The standard InChI is InChI=1S/C13H29NO2/c1-11(15-10-14(7)8)16-13(5,6)9-12(2,3)4/h11H,9-10H2,1-8H3. The van der Waals surface area contributed by atoms with E-state index in [1.807, 2.05) is 25.9 Å². The molecule has 0 spiro atoms. The smallest absolute Gasteiger partial charge is 0.157 e. The van der Waals surface area contributed by atoms with E-state index in [4.69, 9.17) is 9.47 Å². The summed E-state index contributed by atoms with van der Waals surface area (Å²) in [6, 6.07) is 0. The van der Waals surface area contributed by atoms with E-state index in [1.54, 1.807) is 0 Å². The van der Waals surface area contributed by atoms with Crippen LogP contribution in [0.2, 0.25) is 0 Å². The fourth-order valence-electron chi connectivity index (χ4n) is 2.06. The molecule has 0 saturated carbocycles. The summed E-state index contributed by atoms with van der Waals surface area (Å²) in [4.78, 5) is 1.98. The molecule has 0 aliphatic rings. The van der Waals surface area contributed by atoms with Gasteiger partial charge in [0, 0.05) is 0 Å². The Kier molecular flexibility index (Phi) is 5.94. The van der Waals surface area contributed by atoms with Gasteiger partial charge in [-0.2, -0.15) is 0 Å². The second-order valence-electron chi connectivity index (χ2n) is 6.56. The molecule has 0 fully saturated rings. The van der Waals surface area contributed by atoms with Gasteiger partial charge in [-0.25, -0.2) is 0 Å². The summed E-state index contributed by atoms with van der Waals surface area (Å²) in [6.45, 7) is 13.5. The molecule has 0 rings (SSSR count). The first-order chi connectivity index (χ1) is 7.02. The molecule has 0 aromatic rings. The van der Waals surface area contributed by atoms with Gasteiger partial charge in [-0.05, 0) is 46.7 Å². The third-order valence-corrected chi connectivity index (χ3v) is 2.01. The molecule has 0 amide bonds. The molecule has 0 heterocycles. The molecule has 0 radical (unpaired) electrons. The second kappa shape index (κ2) is 5.99. The summed E-state index contributed by atoms with van der Waals surface area (Å²) in [5.74, 6) is 0. The van der Waals surface area contributed by atoms with E-state index in [2.05, 4.69) is 34.6 Å². The van der Waals surface area contributed by atoms with Gasteiger partial charge < -0.3 is 9.47 Å². The van der Waals surface area contributed by atoms with Gasteiger partial charge in [0.05, 0.1) is 5.60 Å². The Morgan fingerprint density at radius 3 is 1.94 bits per heavy atom. The normalized spacial score (nSPS) is 15.6. The number of ether oxygens (including phenoxy) is 2. The van der Waals surface area contributed by atoms with Crippen LogP contribution in [0.1, 0.15) is 48.0 Å². The van der Waals surface area contributed by atoms with Crippen LogP contribution in [-0.4, -0.2) is 37.6 Å². The first-order valence-corrected chi connectivity index (χ1v) is 5.96. The maximum Gasteiger partial charge on any atom is 0.157 e. The fourth-order valence-corrected chi connectivity index (χ4v) is 2.06. The molecule has 3 heteroatoms. The summed E-state index contributed by atoms with van der Waals surface area (Å²) < 4.78 is 11.5. The van der Waals surface area contributed by atoms with Crippen molar-refractivity contribution in [2.75, 3.05) is 20.8 Å². The summed E-state index contributed by atoms with van der Waals surface area (Å²) in [5.41, 5.74) is 0.120. The van der Waals surface area contributed by atoms with Gasteiger partial charge >= 0.3 is 0 Å². The Labute approximate surface area is 101 Å². The van der Waals surface area contributed by atoms with Gasteiger partial charge in [0.15, 0.2) is 6.29 Å². The number of nitrogens with zero attached hydrogens (tertiary/aromatic N) is 1. The van der Waals surface area contributed by atoms with E-state index in [0.29, 0.717) is 6.73 Å². The van der Waals surface area contributed by atoms with E-state index >= 15 is 0 Å². The van der Waals surface area contributed by atoms with Gasteiger partial charge in [-0.15, -0.1) is 0 Å². The van der Waals surface area contributed by atoms with Crippen molar-refractivity contribution < 1.29 is 9.47 Å². The minimum Gasteiger partial charge on any atom is -0.347 e. The van der Waals surface area contributed by atoms with Crippen LogP contribution >= 0.6 is 0 Å². The highest BCUT2D eigenvalue weighted by atomic mass is 16.7. The molecule has 0 aliphatic heterocycles. The second-order valence-corrected chi connectivity index (χ2v) is 6.56. The molecule has 0 aliphatic carbocycles. The average molecular weight is 231 g/mol. The van der Waals surface area contributed by atoms with E-state index in [0.717, 1.165) is 6.42 Å². The van der Waals surface area contributed by atoms with Crippen molar-refractivity contribution in [3.05, 3.63) is 0 Å². The molecule has 1 atom stereocenters. The number of hydrogen-bond acceptors (Lipinski definition) is 3. The van der Waals surface area contributed by atoms with Crippen molar-refractivity contribution in [3.63, 3.8) is 0 Å². The predicted molar refractivity (Wildman–Crippen MR) is 68.3 cm³/mol. The lowest BCUT2D eigenvalue weighted by molar-refractivity contribution is -0.210. The van der Waals surface area contributed by atoms with Crippen LogP contribution in [0.25, 0.3) is 0 Å². The summed E-state index contributed by atoms with van der Waals surface area (Å²) in [5, 5.41) is 0. The average Bonchev–Trinajstić information content (AvgIpc) is 1.94. The molecule has 0 aromatic carbocycles. The maximum atomic E-state index is 5.92. The van der Waals surface area contributed by atoms with E-state index in [1.165, 1.54) is 0 Å². The van der Waals surface area contributed by atoms with Gasteiger partial charge in [-0.1, -0.05) is 20.8 Å². The largest absolute Gasteiger partial charge is 0.347 e. The first kappa shape index (κ1) is 15.9. The minimum absolute atomic E-state index is 0.149. The zero-order valence-corrected chi connectivity index (χ0v) is 12.3. The third-order valence-electron chi connectivity index (χ3n) is 2.01. The zero-order valence-electron chi connectivity index (χ0n) is 12.3. The van der Waals surface area contributed by atoms with Crippen molar-refractivity contribution in [1.29, 1.82) is 0 Å². The molecular weight excluding hydrogens is 202 g/mol. The topological polar surface area (TPSA) is 21.7 Å². The van der Waals surface area contributed by atoms with Gasteiger partial charge in [-0.3, -0.25) is 4.90 Å². The fraction of sp³-hybridized carbons (Fsp3) is 1.00. The van der Waals surface area contributed by atoms with Gasteiger partial charge in [0.25, 0.3) is 0 Å². The highest BCUT2D eigenvalue weighted by molar-refractivity contribution is 4.77. The van der Waals surface area contributed by atoms with E-state index < -0.39 is 0 Å².